The monoisotopic (exact) mass is 337 g/mol. The molecule has 2 aromatic rings. The van der Waals surface area contributed by atoms with Crippen LogP contribution in [0.15, 0.2) is 42.5 Å². The van der Waals surface area contributed by atoms with Gasteiger partial charge < -0.3 is 9.64 Å². The van der Waals surface area contributed by atoms with E-state index >= 15 is 0 Å². The summed E-state index contributed by atoms with van der Waals surface area (Å²) in [7, 11) is 0. The molecule has 1 amide bonds. The molecule has 0 N–H and O–H groups in total. The van der Waals surface area contributed by atoms with Crippen LogP contribution in [0.5, 0.6) is 5.75 Å². The number of anilines is 1. The Morgan fingerprint density at radius 2 is 1.76 bits per heavy atom. The number of amides is 1. The summed E-state index contributed by atoms with van der Waals surface area (Å²) in [6, 6.07) is 13.5. The highest BCUT2D eigenvalue weighted by molar-refractivity contribution is 5.99. The third kappa shape index (κ3) is 3.90. The first-order valence-corrected chi connectivity index (χ1v) is 8.65. The van der Waals surface area contributed by atoms with E-state index in [1.807, 2.05) is 38.1 Å². The lowest BCUT2D eigenvalue weighted by atomic mass is 10.1. The summed E-state index contributed by atoms with van der Waals surface area (Å²) in [5.41, 5.74) is 4.25. The summed E-state index contributed by atoms with van der Waals surface area (Å²) >= 11 is 0. The number of benzene rings is 2. The Balaban J connectivity index is 1.69. The van der Waals surface area contributed by atoms with Crippen molar-refractivity contribution in [1.29, 1.82) is 0 Å². The molecule has 0 bridgehead atoms. The van der Waals surface area contributed by atoms with Crippen molar-refractivity contribution in [3.05, 3.63) is 59.2 Å². The van der Waals surface area contributed by atoms with E-state index in [0.717, 1.165) is 23.2 Å². The molecular weight excluding hydrogens is 314 g/mol. The fourth-order valence-electron chi connectivity index (χ4n) is 3.21. The second-order valence-corrected chi connectivity index (χ2v) is 6.67. The van der Waals surface area contributed by atoms with Crippen molar-refractivity contribution >= 4 is 17.6 Å². The summed E-state index contributed by atoms with van der Waals surface area (Å²) < 4.78 is 5.46. The average Bonchev–Trinajstić information content (AvgIpc) is 2.97. The highest BCUT2D eigenvalue weighted by Crippen LogP contribution is 2.28. The SMILES string of the molecule is CCc1ccc(OC(=O)[C@@H]2CC(=O)N(c3cc(C)cc(C)c3)C2)cc1. The fourth-order valence-corrected chi connectivity index (χ4v) is 3.21. The Kier molecular flexibility index (Phi) is 4.88. The van der Waals surface area contributed by atoms with Crippen molar-refractivity contribution in [2.24, 2.45) is 5.92 Å². The number of esters is 1. The third-order valence-corrected chi connectivity index (χ3v) is 4.53. The van der Waals surface area contributed by atoms with Gasteiger partial charge in [-0.05, 0) is 61.2 Å². The summed E-state index contributed by atoms with van der Waals surface area (Å²) in [4.78, 5) is 26.5. The molecule has 0 radical (unpaired) electrons. The maximum atomic E-state index is 12.4. The van der Waals surface area contributed by atoms with Crippen molar-refractivity contribution in [1.82, 2.24) is 0 Å². The maximum Gasteiger partial charge on any atom is 0.316 e. The van der Waals surface area contributed by atoms with Crippen LogP contribution in [0.1, 0.15) is 30.0 Å². The van der Waals surface area contributed by atoms with E-state index in [9.17, 15) is 9.59 Å². The van der Waals surface area contributed by atoms with Gasteiger partial charge >= 0.3 is 5.97 Å². The number of hydrogen-bond acceptors (Lipinski definition) is 3. The normalized spacial score (nSPS) is 17.0. The van der Waals surface area contributed by atoms with E-state index in [4.69, 9.17) is 4.74 Å². The van der Waals surface area contributed by atoms with Crippen LogP contribution in [-0.4, -0.2) is 18.4 Å². The lowest BCUT2D eigenvalue weighted by molar-refractivity contribution is -0.139. The number of carbonyl (C=O) groups is 2. The van der Waals surface area contributed by atoms with Crippen LogP contribution in [0.25, 0.3) is 0 Å². The molecule has 0 aliphatic carbocycles. The van der Waals surface area contributed by atoms with E-state index in [1.54, 1.807) is 17.0 Å². The van der Waals surface area contributed by atoms with Gasteiger partial charge in [-0.15, -0.1) is 0 Å². The number of aryl methyl sites for hydroxylation is 3. The molecule has 0 saturated carbocycles. The summed E-state index contributed by atoms with van der Waals surface area (Å²) in [5.74, 6) is -0.281. The smallest absolute Gasteiger partial charge is 0.316 e. The Bertz CT molecular complexity index is 775. The quantitative estimate of drug-likeness (QED) is 0.629. The molecule has 1 heterocycles. The maximum absolute atomic E-state index is 12.4. The number of nitrogens with zero attached hydrogens (tertiary/aromatic N) is 1. The molecule has 1 fully saturated rings. The first-order chi connectivity index (χ1) is 12.0. The van der Waals surface area contributed by atoms with Crippen molar-refractivity contribution in [3.8, 4) is 5.75 Å². The number of carbonyl (C=O) groups excluding carboxylic acids is 2. The van der Waals surface area contributed by atoms with E-state index < -0.39 is 5.92 Å². The van der Waals surface area contributed by atoms with Gasteiger partial charge in [0.1, 0.15) is 5.75 Å². The standard InChI is InChI=1S/C21H23NO3/c1-4-16-5-7-19(8-6-16)25-21(24)17-12-20(23)22(13-17)18-10-14(2)9-15(3)11-18/h5-11,17H,4,12-13H2,1-3H3/t17-/m1/s1. The van der Waals surface area contributed by atoms with E-state index in [1.165, 1.54) is 5.56 Å². The van der Waals surface area contributed by atoms with Crippen molar-refractivity contribution < 1.29 is 14.3 Å². The molecule has 3 rings (SSSR count). The van der Waals surface area contributed by atoms with Crippen molar-refractivity contribution in [2.45, 2.75) is 33.6 Å². The van der Waals surface area contributed by atoms with Crippen molar-refractivity contribution in [3.63, 3.8) is 0 Å². The summed E-state index contributed by atoms with van der Waals surface area (Å²) in [6.45, 7) is 6.45. The lowest BCUT2D eigenvalue weighted by Crippen LogP contribution is -2.27. The average molecular weight is 337 g/mol. The topological polar surface area (TPSA) is 46.6 Å². The Hall–Kier alpha value is -2.62. The molecule has 4 heteroatoms. The number of ether oxygens (including phenoxy) is 1. The van der Waals surface area contributed by atoms with E-state index in [0.29, 0.717) is 12.3 Å². The van der Waals surface area contributed by atoms with Crippen LogP contribution in [0.4, 0.5) is 5.69 Å². The minimum Gasteiger partial charge on any atom is -0.426 e. The molecule has 0 spiro atoms. The van der Waals surface area contributed by atoms with Gasteiger partial charge in [0.05, 0.1) is 5.92 Å². The lowest BCUT2D eigenvalue weighted by Gasteiger charge is -2.18. The Morgan fingerprint density at radius 1 is 1.12 bits per heavy atom. The van der Waals surface area contributed by atoms with Crippen LogP contribution in [0.2, 0.25) is 0 Å². The van der Waals surface area contributed by atoms with Crippen LogP contribution in [0.3, 0.4) is 0 Å². The molecule has 0 aromatic heterocycles. The molecule has 1 aliphatic rings. The summed E-state index contributed by atoms with van der Waals surface area (Å²) in [5, 5.41) is 0. The molecule has 0 unspecified atom stereocenters. The number of hydrogen-bond donors (Lipinski definition) is 0. The first-order valence-electron chi connectivity index (χ1n) is 8.65. The van der Waals surface area contributed by atoms with Gasteiger partial charge in [0, 0.05) is 18.7 Å². The molecule has 4 nitrogen and oxygen atoms in total. The van der Waals surface area contributed by atoms with Crippen LogP contribution in [-0.2, 0) is 16.0 Å². The van der Waals surface area contributed by atoms with Gasteiger partial charge in [-0.3, -0.25) is 9.59 Å². The highest BCUT2D eigenvalue weighted by Gasteiger charge is 2.36. The predicted octanol–water partition coefficient (Wildman–Crippen LogP) is 3.82. The molecule has 130 valence electrons. The van der Waals surface area contributed by atoms with E-state index in [-0.39, 0.29) is 18.3 Å². The van der Waals surface area contributed by atoms with Gasteiger partial charge in [0.2, 0.25) is 5.91 Å². The molecule has 1 atom stereocenters. The second kappa shape index (κ2) is 7.09. The molecule has 1 aliphatic heterocycles. The van der Waals surface area contributed by atoms with Gasteiger partial charge in [-0.25, -0.2) is 0 Å². The van der Waals surface area contributed by atoms with Crippen LogP contribution >= 0.6 is 0 Å². The van der Waals surface area contributed by atoms with E-state index in [2.05, 4.69) is 13.0 Å². The Labute approximate surface area is 148 Å². The second-order valence-electron chi connectivity index (χ2n) is 6.67. The van der Waals surface area contributed by atoms with Gasteiger partial charge in [0.25, 0.3) is 0 Å². The molecule has 25 heavy (non-hydrogen) atoms. The minimum atomic E-state index is -0.431. The zero-order valence-electron chi connectivity index (χ0n) is 14.9. The number of rotatable bonds is 4. The minimum absolute atomic E-state index is 0.0340. The van der Waals surface area contributed by atoms with Crippen molar-refractivity contribution in [2.75, 3.05) is 11.4 Å². The fraction of sp³-hybridized carbons (Fsp3) is 0.333. The van der Waals surface area contributed by atoms with Crippen LogP contribution < -0.4 is 9.64 Å². The largest absolute Gasteiger partial charge is 0.426 e. The molecule has 2 aromatic carbocycles. The predicted molar refractivity (Wildman–Crippen MR) is 97.8 cm³/mol. The highest BCUT2D eigenvalue weighted by atomic mass is 16.5. The van der Waals surface area contributed by atoms with Gasteiger partial charge in [-0.1, -0.05) is 25.1 Å². The third-order valence-electron chi connectivity index (χ3n) is 4.53. The zero-order chi connectivity index (χ0) is 18.0. The Morgan fingerprint density at radius 3 is 2.36 bits per heavy atom. The van der Waals surface area contributed by atoms with Gasteiger partial charge in [-0.2, -0.15) is 0 Å². The molecular formula is C21H23NO3. The van der Waals surface area contributed by atoms with Crippen LogP contribution in [0, 0.1) is 19.8 Å². The first kappa shape index (κ1) is 17.2. The molecule has 1 saturated heterocycles. The zero-order valence-corrected chi connectivity index (χ0v) is 14.9. The summed E-state index contributed by atoms with van der Waals surface area (Å²) in [6.07, 6.45) is 1.13. The van der Waals surface area contributed by atoms with Gasteiger partial charge in [0.15, 0.2) is 0 Å².